The van der Waals surface area contributed by atoms with Gasteiger partial charge in [-0.1, -0.05) is 38.1 Å². The van der Waals surface area contributed by atoms with Crippen molar-refractivity contribution >= 4 is 0 Å². The van der Waals surface area contributed by atoms with Gasteiger partial charge in [0.15, 0.2) is 11.5 Å². The Hall–Kier alpha value is -2.59. The summed E-state index contributed by atoms with van der Waals surface area (Å²) in [6.07, 6.45) is 8.74. The van der Waals surface area contributed by atoms with Crippen molar-refractivity contribution in [2.24, 2.45) is 16.1 Å². The van der Waals surface area contributed by atoms with E-state index in [9.17, 15) is 0 Å². The van der Waals surface area contributed by atoms with Gasteiger partial charge in [0.2, 0.25) is 0 Å². The SMILES string of the molecule is C#CCCC1(CCNC(c2ccccc2CC(C)C)c2nnnn2C(C)C)N=N1. The third-order valence-electron chi connectivity index (χ3n) is 5.19. The number of hydrogen-bond acceptors (Lipinski definition) is 6. The van der Waals surface area contributed by atoms with Gasteiger partial charge in [0.25, 0.3) is 0 Å². The quantitative estimate of drug-likeness (QED) is 0.583. The van der Waals surface area contributed by atoms with Crippen molar-refractivity contribution in [1.82, 2.24) is 25.5 Å². The van der Waals surface area contributed by atoms with E-state index < -0.39 is 0 Å². The summed E-state index contributed by atoms with van der Waals surface area (Å²) in [6.45, 7) is 9.41. The highest BCUT2D eigenvalue weighted by molar-refractivity contribution is 5.34. The van der Waals surface area contributed by atoms with Crippen molar-refractivity contribution in [2.75, 3.05) is 6.54 Å². The smallest absolute Gasteiger partial charge is 0.193 e. The molecule has 1 unspecified atom stereocenters. The molecule has 0 aliphatic carbocycles. The van der Waals surface area contributed by atoms with E-state index in [-0.39, 0.29) is 17.7 Å². The Morgan fingerprint density at radius 2 is 1.90 bits per heavy atom. The van der Waals surface area contributed by atoms with Gasteiger partial charge >= 0.3 is 0 Å². The number of nitrogens with zero attached hydrogens (tertiary/aromatic N) is 6. The molecule has 154 valence electrons. The molecule has 3 rings (SSSR count). The lowest BCUT2D eigenvalue weighted by molar-refractivity contribution is 0.434. The van der Waals surface area contributed by atoms with Crippen LogP contribution in [-0.4, -0.2) is 32.4 Å². The molecule has 1 aliphatic heterocycles. The molecule has 0 fully saturated rings. The third kappa shape index (κ3) is 5.27. The van der Waals surface area contributed by atoms with Gasteiger partial charge in [-0.25, -0.2) is 4.68 Å². The van der Waals surface area contributed by atoms with Gasteiger partial charge in [-0.15, -0.1) is 17.4 Å². The molecule has 1 atom stereocenters. The van der Waals surface area contributed by atoms with Crippen LogP contribution in [-0.2, 0) is 6.42 Å². The fourth-order valence-corrected chi connectivity index (χ4v) is 3.63. The van der Waals surface area contributed by atoms with E-state index in [4.69, 9.17) is 6.42 Å². The summed E-state index contributed by atoms with van der Waals surface area (Å²) in [5.41, 5.74) is 2.24. The number of terminal acetylenes is 1. The first-order valence-corrected chi connectivity index (χ1v) is 10.4. The third-order valence-corrected chi connectivity index (χ3v) is 5.19. The zero-order valence-corrected chi connectivity index (χ0v) is 17.8. The van der Waals surface area contributed by atoms with Gasteiger partial charge in [-0.2, -0.15) is 10.2 Å². The minimum atomic E-state index is -0.300. The maximum absolute atomic E-state index is 5.41. The summed E-state index contributed by atoms with van der Waals surface area (Å²) in [4.78, 5) is 0. The van der Waals surface area contributed by atoms with E-state index in [0.717, 1.165) is 31.6 Å². The van der Waals surface area contributed by atoms with E-state index in [1.165, 1.54) is 11.1 Å². The number of aromatic nitrogens is 4. The average molecular weight is 394 g/mol. The van der Waals surface area contributed by atoms with E-state index >= 15 is 0 Å². The number of tetrazole rings is 1. The van der Waals surface area contributed by atoms with Crippen molar-refractivity contribution < 1.29 is 0 Å². The second-order valence-electron chi connectivity index (χ2n) is 8.40. The Labute approximate surface area is 173 Å². The fourth-order valence-electron chi connectivity index (χ4n) is 3.63. The standard InChI is InChI=1S/C22H31N7/c1-6-7-12-22(25-26-22)13-14-23-20(21-24-27-28-29(21)17(4)5)19-11-9-8-10-18(19)15-16(2)3/h1,8-11,16-17,20,23H,7,12-15H2,2-5H3. The molecule has 0 amide bonds. The topological polar surface area (TPSA) is 80.4 Å². The number of rotatable bonds is 11. The normalized spacial score (nSPS) is 15.6. The minimum absolute atomic E-state index is 0.0919. The lowest BCUT2D eigenvalue weighted by atomic mass is 9.93. The Balaban J connectivity index is 1.84. The van der Waals surface area contributed by atoms with Crippen LogP contribution in [0.2, 0.25) is 0 Å². The molecule has 0 saturated heterocycles. The summed E-state index contributed by atoms with van der Waals surface area (Å²) in [7, 11) is 0. The Morgan fingerprint density at radius 3 is 2.55 bits per heavy atom. The van der Waals surface area contributed by atoms with Gasteiger partial charge in [-0.05, 0) is 47.7 Å². The molecule has 1 aromatic heterocycles. The molecule has 1 aliphatic rings. The predicted octanol–water partition coefficient (Wildman–Crippen LogP) is 4.10. The Bertz CT molecular complexity index is 869. The van der Waals surface area contributed by atoms with Crippen LogP contribution in [0.1, 0.15) is 76.0 Å². The summed E-state index contributed by atoms with van der Waals surface area (Å²) in [5.74, 6) is 4.08. The monoisotopic (exact) mass is 393 g/mol. The number of hydrogen-bond donors (Lipinski definition) is 1. The Kier molecular flexibility index (Phi) is 6.75. The highest BCUT2D eigenvalue weighted by Crippen LogP contribution is 2.36. The van der Waals surface area contributed by atoms with E-state index in [1.807, 2.05) is 4.68 Å². The lowest BCUT2D eigenvalue weighted by Crippen LogP contribution is -2.30. The zero-order valence-electron chi connectivity index (χ0n) is 17.8. The van der Waals surface area contributed by atoms with E-state index in [2.05, 4.69) is 89.0 Å². The second kappa shape index (κ2) is 9.27. The van der Waals surface area contributed by atoms with Crippen LogP contribution in [0.4, 0.5) is 0 Å². The maximum Gasteiger partial charge on any atom is 0.193 e. The van der Waals surface area contributed by atoms with Crippen LogP contribution in [0.15, 0.2) is 34.5 Å². The average Bonchev–Trinajstić information content (AvgIpc) is 3.27. The zero-order chi connectivity index (χ0) is 20.9. The molecule has 2 aromatic rings. The molecule has 0 radical (unpaired) electrons. The van der Waals surface area contributed by atoms with Crippen LogP contribution in [0.25, 0.3) is 0 Å². The molecule has 7 nitrogen and oxygen atoms in total. The molecule has 2 heterocycles. The molecule has 0 saturated carbocycles. The van der Waals surface area contributed by atoms with Crippen LogP contribution in [0.3, 0.4) is 0 Å². The minimum Gasteiger partial charge on any atom is -0.303 e. The van der Waals surface area contributed by atoms with Crippen molar-refractivity contribution in [3.05, 3.63) is 41.2 Å². The number of benzene rings is 1. The van der Waals surface area contributed by atoms with Crippen LogP contribution in [0.5, 0.6) is 0 Å². The van der Waals surface area contributed by atoms with Gasteiger partial charge in [0, 0.05) is 25.8 Å². The van der Waals surface area contributed by atoms with Crippen molar-refractivity contribution in [3.8, 4) is 12.3 Å². The first kappa shape index (κ1) is 21.1. The molecule has 29 heavy (non-hydrogen) atoms. The van der Waals surface area contributed by atoms with Gasteiger partial charge in [-0.3, -0.25) is 0 Å². The Morgan fingerprint density at radius 1 is 1.14 bits per heavy atom. The number of nitrogens with one attached hydrogen (secondary N) is 1. The molecule has 1 aromatic carbocycles. The lowest BCUT2D eigenvalue weighted by Gasteiger charge is -2.23. The van der Waals surface area contributed by atoms with Crippen LogP contribution < -0.4 is 5.32 Å². The highest BCUT2D eigenvalue weighted by atomic mass is 15.6. The molecule has 7 heteroatoms. The molecule has 0 spiro atoms. The van der Waals surface area contributed by atoms with Crippen LogP contribution >= 0.6 is 0 Å². The molecular weight excluding hydrogens is 362 g/mol. The first-order valence-electron chi connectivity index (χ1n) is 10.4. The van der Waals surface area contributed by atoms with Crippen molar-refractivity contribution in [1.29, 1.82) is 0 Å². The highest BCUT2D eigenvalue weighted by Gasteiger charge is 2.39. The summed E-state index contributed by atoms with van der Waals surface area (Å²) < 4.78 is 1.89. The fraction of sp³-hybridized carbons (Fsp3) is 0.591. The van der Waals surface area contributed by atoms with Crippen LogP contribution in [0, 0.1) is 18.3 Å². The summed E-state index contributed by atoms with van der Waals surface area (Å²) in [6, 6.07) is 8.64. The maximum atomic E-state index is 5.41. The largest absolute Gasteiger partial charge is 0.303 e. The van der Waals surface area contributed by atoms with Crippen molar-refractivity contribution in [2.45, 2.75) is 71.1 Å². The van der Waals surface area contributed by atoms with Crippen molar-refractivity contribution in [3.63, 3.8) is 0 Å². The van der Waals surface area contributed by atoms with Gasteiger partial charge < -0.3 is 5.32 Å². The summed E-state index contributed by atoms with van der Waals surface area (Å²) in [5, 5.41) is 24.7. The van der Waals surface area contributed by atoms with E-state index in [0.29, 0.717) is 12.3 Å². The molecule has 1 N–H and O–H groups in total. The van der Waals surface area contributed by atoms with Gasteiger partial charge in [0.1, 0.15) is 0 Å². The first-order chi connectivity index (χ1) is 14.0. The molecular formula is C22H31N7. The summed E-state index contributed by atoms with van der Waals surface area (Å²) >= 11 is 0. The molecule has 0 bridgehead atoms. The second-order valence-corrected chi connectivity index (χ2v) is 8.40. The predicted molar refractivity (Wildman–Crippen MR) is 113 cm³/mol. The van der Waals surface area contributed by atoms with E-state index in [1.54, 1.807) is 0 Å². The van der Waals surface area contributed by atoms with Gasteiger partial charge in [0.05, 0.1) is 12.1 Å².